The molecule has 0 spiro atoms. The van der Waals surface area contributed by atoms with Crippen LogP contribution in [0, 0.1) is 0 Å². The van der Waals surface area contributed by atoms with Crippen molar-refractivity contribution in [2.45, 2.75) is 25.3 Å². The largest absolute Gasteiger partial charge is 0.504 e. The Morgan fingerprint density at radius 2 is 1.56 bits per heavy atom. The quantitative estimate of drug-likeness (QED) is 0.863. The highest BCUT2D eigenvalue weighted by molar-refractivity contribution is 5.88. The molecule has 1 aliphatic carbocycles. The van der Waals surface area contributed by atoms with Crippen LogP contribution in [0.2, 0.25) is 0 Å². The molecule has 0 fully saturated rings. The molecule has 2 aromatic rings. The first-order chi connectivity index (χ1) is 13.0. The highest BCUT2D eigenvalue weighted by Gasteiger charge is 2.36. The Morgan fingerprint density at radius 3 is 2.22 bits per heavy atom. The van der Waals surface area contributed by atoms with Gasteiger partial charge >= 0.3 is 0 Å². The van der Waals surface area contributed by atoms with E-state index in [-0.39, 0.29) is 17.5 Å². The zero-order chi connectivity index (χ0) is 19.3. The summed E-state index contributed by atoms with van der Waals surface area (Å²) in [6, 6.07) is 3.97. The van der Waals surface area contributed by atoms with Gasteiger partial charge in [0, 0.05) is 23.7 Å². The standard InChI is InChI=1S/C21H25NO5/c1-22-8-7-12-10-14(25-2)19(23)18-16(12)13(22)6-5-11-9-15(26-3)20(24)21(27-4)17(11)18/h9-10,13,23-24H,5-8H2,1-4H3/t13-/m1/s1. The van der Waals surface area contributed by atoms with Gasteiger partial charge in [-0.05, 0) is 55.1 Å². The second-order valence-electron chi connectivity index (χ2n) is 7.16. The summed E-state index contributed by atoms with van der Waals surface area (Å²) in [4.78, 5) is 2.33. The van der Waals surface area contributed by atoms with Crippen molar-refractivity contribution >= 4 is 0 Å². The van der Waals surface area contributed by atoms with Gasteiger partial charge in [0.25, 0.3) is 0 Å². The van der Waals surface area contributed by atoms with E-state index in [1.54, 1.807) is 7.11 Å². The van der Waals surface area contributed by atoms with Crippen LogP contribution in [-0.2, 0) is 12.8 Å². The molecule has 4 rings (SSSR count). The number of hydrogen-bond acceptors (Lipinski definition) is 6. The van der Waals surface area contributed by atoms with Crippen LogP contribution in [0.4, 0.5) is 0 Å². The summed E-state index contributed by atoms with van der Waals surface area (Å²) in [7, 11) is 6.71. The van der Waals surface area contributed by atoms with Gasteiger partial charge in [-0.2, -0.15) is 0 Å². The van der Waals surface area contributed by atoms with Crippen LogP contribution in [-0.4, -0.2) is 50.0 Å². The third-order valence-corrected chi connectivity index (χ3v) is 5.87. The van der Waals surface area contributed by atoms with Crippen LogP contribution in [0.25, 0.3) is 11.1 Å². The van der Waals surface area contributed by atoms with Crippen LogP contribution in [0.5, 0.6) is 28.7 Å². The van der Waals surface area contributed by atoms with Gasteiger partial charge in [-0.1, -0.05) is 0 Å². The van der Waals surface area contributed by atoms with E-state index in [1.165, 1.54) is 19.8 Å². The molecule has 2 aliphatic rings. The number of hydrogen-bond donors (Lipinski definition) is 2. The summed E-state index contributed by atoms with van der Waals surface area (Å²) in [5.41, 5.74) is 4.68. The number of fused-ring (bicyclic) bond motifs is 2. The lowest BCUT2D eigenvalue weighted by atomic mass is 9.85. The Bertz CT molecular complexity index is 908. The number of phenolic OH excluding ortho intramolecular Hbond substituents is 2. The fourth-order valence-electron chi connectivity index (χ4n) is 4.54. The first-order valence-electron chi connectivity index (χ1n) is 9.11. The van der Waals surface area contributed by atoms with Gasteiger partial charge in [0.2, 0.25) is 5.75 Å². The second-order valence-corrected chi connectivity index (χ2v) is 7.16. The highest BCUT2D eigenvalue weighted by atomic mass is 16.5. The van der Waals surface area contributed by atoms with Crippen LogP contribution >= 0.6 is 0 Å². The Balaban J connectivity index is 2.13. The lowest BCUT2D eigenvalue weighted by Gasteiger charge is -2.35. The number of methoxy groups -OCH3 is 3. The van der Waals surface area contributed by atoms with Gasteiger partial charge in [0.05, 0.1) is 21.3 Å². The summed E-state index contributed by atoms with van der Waals surface area (Å²) < 4.78 is 16.4. The topological polar surface area (TPSA) is 71.4 Å². The van der Waals surface area contributed by atoms with Crippen LogP contribution in [0.3, 0.4) is 0 Å². The molecule has 0 radical (unpaired) electrons. The molecule has 0 saturated heterocycles. The zero-order valence-electron chi connectivity index (χ0n) is 16.1. The van der Waals surface area contributed by atoms with Gasteiger partial charge in [-0.25, -0.2) is 0 Å². The molecule has 0 aromatic heterocycles. The van der Waals surface area contributed by atoms with Crippen molar-refractivity contribution in [3.8, 4) is 39.9 Å². The summed E-state index contributed by atoms with van der Waals surface area (Å²) in [6.45, 7) is 0.951. The maximum atomic E-state index is 11.1. The molecule has 0 unspecified atom stereocenters. The van der Waals surface area contributed by atoms with E-state index < -0.39 is 0 Å². The predicted octanol–water partition coefficient (Wildman–Crippen LogP) is 3.27. The molecule has 0 bridgehead atoms. The number of phenols is 2. The van der Waals surface area contributed by atoms with Crippen LogP contribution < -0.4 is 14.2 Å². The molecule has 144 valence electrons. The molecule has 6 heteroatoms. The van der Waals surface area contributed by atoms with E-state index in [1.807, 2.05) is 12.1 Å². The third kappa shape index (κ3) is 2.51. The number of nitrogens with zero attached hydrogens (tertiary/aromatic N) is 1. The fourth-order valence-corrected chi connectivity index (χ4v) is 4.54. The third-order valence-electron chi connectivity index (χ3n) is 5.87. The average Bonchev–Trinajstić information content (AvgIpc) is 2.84. The second kappa shape index (κ2) is 6.53. The first kappa shape index (κ1) is 17.8. The molecule has 0 amide bonds. The van der Waals surface area contributed by atoms with Crippen LogP contribution in [0.1, 0.15) is 29.2 Å². The number of rotatable bonds is 3. The van der Waals surface area contributed by atoms with Gasteiger partial charge in [-0.3, -0.25) is 4.90 Å². The molecule has 1 heterocycles. The number of aryl methyl sites for hydroxylation is 1. The van der Waals surface area contributed by atoms with E-state index in [0.717, 1.165) is 42.5 Å². The van der Waals surface area contributed by atoms with Gasteiger partial charge in [0.1, 0.15) is 0 Å². The summed E-state index contributed by atoms with van der Waals surface area (Å²) in [6.07, 6.45) is 2.57. The predicted molar refractivity (Wildman–Crippen MR) is 102 cm³/mol. The smallest absolute Gasteiger partial charge is 0.201 e. The number of aromatic hydroxyl groups is 2. The Kier molecular flexibility index (Phi) is 4.30. The first-order valence-corrected chi connectivity index (χ1v) is 9.11. The molecular weight excluding hydrogens is 346 g/mol. The molecule has 1 atom stereocenters. The van der Waals surface area contributed by atoms with Crippen molar-refractivity contribution in [1.82, 2.24) is 4.90 Å². The minimum absolute atomic E-state index is 0.0580. The lowest BCUT2D eigenvalue weighted by molar-refractivity contribution is 0.220. The Labute approximate surface area is 158 Å². The number of benzene rings is 2. The molecular formula is C21H25NO5. The SMILES string of the molecule is COc1cc2c(c(OC)c1O)-c1c(O)c(OC)cc3c1[C@@H](CC2)N(C)CC3. The van der Waals surface area contributed by atoms with E-state index >= 15 is 0 Å². The summed E-state index contributed by atoms with van der Waals surface area (Å²) >= 11 is 0. The number of ether oxygens (including phenoxy) is 3. The van der Waals surface area contributed by atoms with Crippen LogP contribution in [0.15, 0.2) is 12.1 Å². The summed E-state index contributed by atoms with van der Waals surface area (Å²) in [5.74, 6) is 1.16. The van der Waals surface area contributed by atoms with Crippen molar-refractivity contribution in [3.05, 3.63) is 28.8 Å². The van der Waals surface area contributed by atoms with E-state index in [0.29, 0.717) is 22.8 Å². The van der Waals surface area contributed by atoms with Crippen molar-refractivity contribution in [2.24, 2.45) is 0 Å². The minimum atomic E-state index is -0.0580. The normalized spacial score (nSPS) is 18.3. The van der Waals surface area contributed by atoms with Gasteiger partial charge in [0.15, 0.2) is 23.0 Å². The Morgan fingerprint density at radius 1 is 0.889 bits per heavy atom. The molecule has 0 saturated carbocycles. The average molecular weight is 371 g/mol. The molecule has 27 heavy (non-hydrogen) atoms. The van der Waals surface area contributed by atoms with E-state index in [2.05, 4.69) is 11.9 Å². The maximum Gasteiger partial charge on any atom is 0.201 e. The molecule has 1 aliphatic heterocycles. The lowest BCUT2D eigenvalue weighted by Crippen LogP contribution is -2.32. The summed E-state index contributed by atoms with van der Waals surface area (Å²) in [5, 5.41) is 21.7. The van der Waals surface area contributed by atoms with Crippen molar-refractivity contribution in [3.63, 3.8) is 0 Å². The van der Waals surface area contributed by atoms with Crippen molar-refractivity contribution in [1.29, 1.82) is 0 Å². The van der Waals surface area contributed by atoms with Gasteiger partial charge in [-0.15, -0.1) is 0 Å². The number of likely N-dealkylation sites (N-methyl/N-ethyl adjacent to an activating group) is 1. The molecule has 2 aromatic carbocycles. The monoisotopic (exact) mass is 371 g/mol. The van der Waals surface area contributed by atoms with Crippen molar-refractivity contribution in [2.75, 3.05) is 34.9 Å². The van der Waals surface area contributed by atoms with Gasteiger partial charge < -0.3 is 24.4 Å². The van der Waals surface area contributed by atoms with E-state index in [9.17, 15) is 10.2 Å². The Hall–Kier alpha value is -2.60. The molecule has 2 N–H and O–H groups in total. The van der Waals surface area contributed by atoms with Crippen molar-refractivity contribution < 1.29 is 24.4 Å². The van der Waals surface area contributed by atoms with E-state index in [4.69, 9.17) is 14.2 Å². The zero-order valence-corrected chi connectivity index (χ0v) is 16.1. The minimum Gasteiger partial charge on any atom is -0.504 e. The maximum absolute atomic E-state index is 11.1. The fraction of sp³-hybridized carbons (Fsp3) is 0.429. The highest BCUT2D eigenvalue weighted by Crippen LogP contribution is 2.56. The molecule has 6 nitrogen and oxygen atoms in total.